The molecule has 0 bridgehead atoms. The Labute approximate surface area is 88.8 Å². The predicted octanol–water partition coefficient (Wildman–Crippen LogP) is -0.486. The molecular formula is C10H16N2O3. The van der Waals surface area contributed by atoms with Gasteiger partial charge in [0.25, 0.3) is 11.8 Å². The van der Waals surface area contributed by atoms with Gasteiger partial charge in [0.1, 0.15) is 13.2 Å². The molecule has 5 heteroatoms. The lowest BCUT2D eigenvalue weighted by Crippen LogP contribution is -2.47. The highest BCUT2D eigenvalue weighted by atomic mass is 16.5. The van der Waals surface area contributed by atoms with Crippen LogP contribution in [0.4, 0.5) is 0 Å². The molecule has 1 unspecified atom stereocenters. The van der Waals surface area contributed by atoms with Gasteiger partial charge in [-0.15, -0.1) is 0 Å². The Balaban J connectivity index is 1.81. The van der Waals surface area contributed by atoms with Gasteiger partial charge in [0, 0.05) is 12.6 Å². The number of nitrogens with zero attached hydrogens (tertiary/aromatic N) is 1. The van der Waals surface area contributed by atoms with E-state index in [1.165, 1.54) is 11.3 Å². The fourth-order valence-electron chi connectivity index (χ4n) is 2.06. The molecule has 2 rings (SSSR count). The van der Waals surface area contributed by atoms with Crippen molar-refractivity contribution in [2.75, 3.05) is 26.3 Å². The molecule has 84 valence electrons. The Hall–Kier alpha value is -0.940. The second kappa shape index (κ2) is 4.72. The minimum atomic E-state index is -0.204. The van der Waals surface area contributed by atoms with Gasteiger partial charge in [0.05, 0.1) is 0 Å². The van der Waals surface area contributed by atoms with Gasteiger partial charge in [-0.2, -0.15) is 0 Å². The highest BCUT2D eigenvalue weighted by Crippen LogP contribution is 2.10. The molecule has 2 heterocycles. The first-order chi connectivity index (χ1) is 7.27. The minimum absolute atomic E-state index is 0.0455. The largest absolute Gasteiger partial charge is 0.362 e. The maximum absolute atomic E-state index is 11.4. The molecule has 5 nitrogen and oxygen atoms in total. The van der Waals surface area contributed by atoms with Gasteiger partial charge >= 0.3 is 0 Å². The highest BCUT2D eigenvalue weighted by molar-refractivity contribution is 5.98. The number of morpholine rings is 1. The van der Waals surface area contributed by atoms with Crippen LogP contribution < -0.4 is 5.32 Å². The molecular weight excluding hydrogens is 196 g/mol. The lowest BCUT2D eigenvalue weighted by atomic mass is 10.1. The van der Waals surface area contributed by atoms with Crippen LogP contribution in [0.5, 0.6) is 0 Å². The normalized spacial score (nSPS) is 27.5. The summed E-state index contributed by atoms with van der Waals surface area (Å²) >= 11 is 0. The van der Waals surface area contributed by atoms with E-state index in [2.05, 4.69) is 5.32 Å². The maximum Gasteiger partial charge on any atom is 0.255 e. The maximum atomic E-state index is 11.4. The summed E-state index contributed by atoms with van der Waals surface area (Å²) in [5.41, 5.74) is 0. The van der Waals surface area contributed by atoms with E-state index < -0.39 is 0 Å². The van der Waals surface area contributed by atoms with Crippen molar-refractivity contribution in [2.24, 2.45) is 0 Å². The quantitative estimate of drug-likeness (QED) is 0.642. The number of nitrogens with one attached hydrogen (secondary N) is 1. The zero-order valence-electron chi connectivity index (χ0n) is 8.70. The molecule has 1 N–H and O–H groups in total. The second-order valence-corrected chi connectivity index (χ2v) is 4.01. The number of ether oxygens (including phenoxy) is 1. The van der Waals surface area contributed by atoms with Crippen LogP contribution in [-0.2, 0) is 14.3 Å². The molecule has 1 atom stereocenters. The van der Waals surface area contributed by atoms with E-state index >= 15 is 0 Å². The Morgan fingerprint density at radius 3 is 2.67 bits per heavy atom. The van der Waals surface area contributed by atoms with Gasteiger partial charge in [0.15, 0.2) is 0 Å². The Bertz CT molecular complexity index is 245. The fourth-order valence-corrected chi connectivity index (χ4v) is 2.06. The lowest BCUT2D eigenvalue weighted by molar-refractivity contribution is -0.158. The average Bonchev–Trinajstić information content (AvgIpc) is 2.70. The Morgan fingerprint density at radius 1 is 1.33 bits per heavy atom. The van der Waals surface area contributed by atoms with Gasteiger partial charge < -0.3 is 10.1 Å². The summed E-state index contributed by atoms with van der Waals surface area (Å²) in [6.45, 7) is 1.67. The Morgan fingerprint density at radius 2 is 2.07 bits per heavy atom. The predicted molar refractivity (Wildman–Crippen MR) is 53.2 cm³/mol. The number of hydrogen-bond donors (Lipinski definition) is 1. The lowest BCUT2D eigenvalue weighted by Gasteiger charge is -2.25. The van der Waals surface area contributed by atoms with Gasteiger partial charge in [-0.25, -0.2) is 0 Å². The summed E-state index contributed by atoms with van der Waals surface area (Å²) < 4.78 is 4.84. The number of imide groups is 1. The molecule has 0 spiro atoms. The van der Waals surface area contributed by atoms with Crippen molar-refractivity contribution in [3.05, 3.63) is 0 Å². The molecule has 0 aliphatic carbocycles. The summed E-state index contributed by atoms with van der Waals surface area (Å²) in [4.78, 5) is 24.1. The summed E-state index contributed by atoms with van der Waals surface area (Å²) in [5, 5.41) is 3.35. The minimum Gasteiger partial charge on any atom is -0.362 e. The van der Waals surface area contributed by atoms with Crippen LogP contribution in [0.3, 0.4) is 0 Å². The molecule has 2 fully saturated rings. The summed E-state index contributed by atoms with van der Waals surface area (Å²) in [6.07, 6.45) is 3.19. The van der Waals surface area contributed by atoms with Crippen molar-refractivity contribution >= 4 is 11.8 Å². The summed E-state index contributed by atoms with van der Waals surface area (Å²) in [6, 6.07) is 0.466. The van der Waals surface area contributed by atoms with Crippen LogP contribution in [0.25, 0.3) is 0 Å². The van der Waals surface area contributed by atoms with Crippen molar-refractivity contribution in [1.29, 1.82) is 0 Å². The fraction of sp³-hybridized carbons (Fsp3) is 0.800. The number of hydrogen-bond acceptors (Lipinski definition) is 4. The van der Waals surface area contributed by atoms with Crippen LogP contribution in [0, 0.1) is 0 Å². The molecule has 0 aromatic carbocycles. The summed E-state index contributed by atoms with van der Waals surface area (Å²) in [7, 11) is 0. The SMILES string of the molecule is O=C1COCC(=O)N1CCC1CCCN1. The van der Waals surface area contributed by atoms with Crippen molar-refractivity contribution in [3.8, 4) is 0 Å². The smallest absolute Gasteiger partial charge is 0.255 e. The van der Waals surface area contributed by atoms with Crippen LogP contribution in [0.15, 0.2) is 0 Å². The van der Waals surface area contributed by atoms with E-state index in [0.717, 1.165) is 19.4 Å². The van der Waals surface area contributed by atoms with Gasteiger partial charge in [-0.1, -0.05) is 0 Å². The van der Waals surface area contributed by atoms with Crippen LogP contribution in [-0.4, -0.2) is 49.1 Å². The number of amides is 2. The van der Waals surface area contributed by atoms with Crippen LogP contribution >= 0.6 is 0 Å². The zero-order valence-corrected chi connectivity index (χ0v) is 8.70. The van der Waals surface area contributed by atoms with Crippen molar-refractivity contribution in [3.63, 3.8) is 0 Å². The molecule has 15 heavy (non-hydrogen) atoms. The first-order valence-electron chi connectivity index (χ1n) is 5.41. The molecule has 0 saturated carbocycles. The molecule has 2 amide bonds. The Kier molecular flexibility index (Phi) is 3.33. The second-order valence-electron chi connectivity index (χ2n) is 4.01. The van der Waals surface area contributed by atoms with Gasteiger partial charge in [-0.05, 0) is 25.8 Å². The first kappa shape index (κ1) is 10.6. The number of carbonyl (C=O) groups is 2. The average molecular weight is 212 g/mol. The third kappa shape index (κ3) is 2.54. The van der Waals surface area contributed by atoms with Crippen molar-refractivity contribution < 1.29 is 14.3 Å². The van der Waals surface area contributed by atoms with E-state index in [-0.39, 0.29) is 25.0 Å². The zero-order chi connectivity index (χ0) is 10.7. The topological polar surface area (TPSA) is 58.6 Å². The number of rotatable bonds is 3. The molecule has 2 saturated heterocycles. The van der Waals surface area contributed by atoms with Crippen molar-refractivity contribution in [1.82, 2.24) is 10.2 Å². The van der Waals surface area contributed by atoms with E-state index in [0.29, 0.717) is 12.6 Å². The number of carbonyl (C=O) groups excluding carboxylic acids is 2. The van der Waals surface area contributed by atoms with Crippen LogP contribution in [0.1, 0.15) is 19.3 Å². The monoisotopic (exact) mass is 212 g/mol. The molecule has 2 aliphatic heterocycles. The standard InChI is InChI=1S/C10H16N2O3/c13-9-6-15-7-10(14)12(9)5-3-8-2-1-4-11-8/h8,11H,1-7H2. The van der Waals surface area contributed by atoms with E-state index in [1.807, 2.05) is 0 Å². The third-order valence-corrected chi connectivity index (χ3v) is 2.92. The molecule has 0 radical (unpaired) electrons. The molecule has 2 aliphatic rings. The van der Waals surface area contributed by atoms with E-state index in [1.54, 1.807) is 0 Å². The third-order valence-electron chi connectivity index (χ3n) is 2.92. The summed E-state index contributed by atoms with van der Waals surface area (Å²) in [5.74, 6) is -0.409. The van der Waals surface area contributed by atoms with Gasteiger partial charge in [-0.3, -0.25) is 14.5 Å². The first-order valence-corrected chi connectivity index (χ1v) is 5.41. The van der Waals surface area contributed by atoms with Crippen molar-refractivity contribution in [2.45, 2.75) is 25.3 Å². The van der Waals surface area contributed by atoms with E-state index in [4.69, 9.17) is 4.74 Å². The van der Waals surface area contributed by atoms with Gasteiger partial charge in [0.2, 0.25) is 0 Å². The molecule has 0 aromatic heterocycles. The highest BCUT2D eigenvalue weighted by Gasteiger charge is 2.27. The molecule has 0 aromatic rings. The van der Waals surface area contributed by atoms with Crippen LogP contribution in [0.2, 0.25) is 0 Å². The van der Waals surface area contributed by atoms with E-state index in [9.17, 15) is 9.59 Å².